The van der Waals surface area contributed by atoms with Crippen molar-refractivity contribution in [2.45, 2.75) is 32.0 Å². The summed E-state index contributed by atoms with van der Waals surface area (Å²) in [7, 11) is 1.57. The molecule has 5 rings (SSSR count). The molecule has 3 heterocycles. The minimum Gasteiger partial charge on any atom is -0.507 e. The molecule has 3 aromatic rings. The Kier molecular flexibility index (Phi) is 5.53. The SMILES string of the molecule is COc1ccc([C@@H]2/C(=C(\O)c3ccc4c(c3)C[C@@H](C)O4)C(=O)C(=O)N2Cc2ccncc2)cc1. The molecule has 1 fully saturated rings. The number of amides is 1. The normalized spacial score (nSPS) is 20.8. The highest BCUT2D eigenvalue weighted by Gasteiger charge is 2.46. The summed E-state index contributed by atoms with van der Waals surface area (Å²) in [4.78, 5) is 31.9. The molecule has 0 spiro atoms. The van der Waals surface area contributed by atoms with Crippen molar-refractivity contribution < 1.29 is 24.2 Å². The van der Waals surface area contributed by atoms with Gasteiger partial charge in [0.05, 0.1) is 18.7 Å². The van der Waals surface area contributed by atoms with E-state index < -0.39 is 17.7 Å². The minimum absolute atomic E-state index is 0.0534. The summed E-state index contributed by atoms with van der Waals surface area (Å²) in [6.45, 7) is 2.18. The summed E-state index contributed by atoms with van der Waals surface area (Å²) in [6, 6.07) is 15.3. The lowest BCUT2D eigenvalue weighted by atomic mass is 9.94. The van der Waals surface area contributed by atoms with Gasteiger partial charge < -0.3 is 19.5 Å². The van der Waals surface area contributed by atoms with Crippen LogP contribution in [0.25, 0.3) is 5.76 Å². The quantitative estimate of drug-likeness (QED) is 0.354. The lowest BCUT2D eigenvalue weighted by Gasteiger charge is -2.25. The Morgan fingerprint density at radius 2 is 1.85 bits per heavy atom. The number of carbonyl (C=O) groups is 2. The number of likely N-dealkylation sites (tertiary alicyclic amines) is 1. The number of nitrogens with zero attached hydrogens (tertiary/aromatic N) is 2. The third-order valence-electron chi connectivity index (χ3n) is 6.24. The van der Waals surface area contributed by atoms with Gasteiger partial charge in [0.2, 0.25) is 0 Å². The Morgan fingerprint density at radius 1 is 1.12 bits per heavy atom. The Hall–Kier alpha value is -4.13. The fourth-order valence-corrected chi connectivity index (χ4v) is 4.59. The van der Waals surface area contributed by atoms with Gasteiger partial charge in [-0.25, -0.2) is 0 Å². The zero-order valence-electron chi connectivity index (χ0n) is 18.9. The van der Waals surface area contributed by atoms with Crippen LogP contribution in [0, 0.1) is 0 Å². The number of hydrogen-bond acceptors (Lipinski definition) is 6. The molecule has 2 aliphatic heterocycles. The first-order chi connectivity index (χ1) is 16.5. The second-order valence-corrected chi connectivity index (χ2v) is 8.51. The molecule has 0 aliphatic carbocycles. The monoisotopic (exact) mass is 456 g/mol. The van der Waals surface area contributed by atoms with Gasteiger partial charge in [0, 0.05) is 30.9 Å². The number of ether oxygens (including phenoxy) is 2. The van der Waals surface area contributed by atoms with E-state index in [1.54, 1.807) is 68.0 Å². The Balaban J connectivity index is 1.62. The molecule has 1 N–H and O–H groups in total. The van der Waals surface area contributed by atoms with E-state index in [1.807, 2.05) is 13.0 Å². The molecule has 7 heteroatoms. The van der Waals surface area contributed by atoms with Crippen molar-refractivity contribution in [1.82, 2.24) is 9.88 Å². The van der Waals surface area contributed by atoms with Crippen LogP contribution in [0.3, 0.4) is 0 Å². The maximum Gasteiger partial charge on any atom is 0.295 e. The average molecular weight is 456 g/mol. The summed E-state index contributed by atoms with van der Waals surface area (Å²) < 4.78 is 11.0. The number of aliphatic hydroxyl groups is 1. The highest BCUT2D eigenvalue weighted by molar-refractivity contribution is 6.46. The molecular formula is C27H24N2O5. The number of fused-ring (bicyclic) bond motifs is 1. The van der Waals surface area contributed by atoms with E-state index in [4.69, 9.17) is 9.47 Å². The van der Waals surface area contributed by atoms with Crippen LogP contribution < -0.4 is 9.47 Å². The van der Waals surface area contributed by atoms with Crippen molar-refractivity contribution in [3.8, 4) is 11.5 Å². The van der Waals surface area contributed by atoms with E-state index in [0.717, 1.165) is 23.3 Å². The van der Waals surface area contributed by atoms with E-state index in [9.17, 15) is 14.7 Å². The summed E-state index contributed by atoms with van der Waals surface area (Å²) in [5, 5.41) is 11.3. The number of benzene rings is 2. The van der Waals surface area contributed by atoms with Crippen molar-refractivity contribution in [2.75, 3.05) is 7.11 Å². The van der Waals surface area contributed by atoms with E-state index in [2.05, 4.69) is 4.98 Å². The van der Waals surface area contributed by atoms with Crippen LogP contribution in [0.5, 0.6) is 11.5 Å². The third kappa shape index (κ3) is 3.79. The van der Waals surface area contributed by atoms with Crippen molar-refractivity contribution in [3.63, 3.8) is 0 Å². The number of carbonyl (C=O) groups excluding carboxylic acids is 2. The number of ketones is 1. The van der Waals surface area contributed by atoms with Gasteiger partial charge in [-0.1, -0.05) is 12.1 Å². The van der Waals surface area contributed by atoms with Crippen molar-refractivity contribution in [1.29, 1.82) is 0 Å². The van der Waals surface area contributed by atoms with Crippen LogP contribution >= 0.6 is 0 Å². The van der Waals surface area contributed by atoms with Gasteiger partial charge in [0.15, 0.2) is 0 Å². The molecule has 1 amide bonds. The van der Waals surface area contributed by atoms with E-state index in [-0.39, 0.29) is 24.0 Å². The molecular weight excluding hydrogens is 432 g/mol. The maximum absolute atomic E-state index is 13.2. The standard InChI is InChI=1S/C27H24N2O5/c1-16-13-20-14-19(5-8-22(20)34-16)25(30)23-24(18-3-6-21(33-2)7-4-18)29(27(32)26(23)31)15-17-9-11-28-12-10-17/h3-12,14,16,24,30H,13,15H2,1-2H3/b25-23+/t16-,24-/m1/s1. The van der Waals surface area contributed by atoms with Crippen molar-refractivity contribution in [2.24, 2.45) is 0 Å². The average Bonchev–Trinajstić information content (AvgIpc) is 3.35. The van der Waals surface area contributed by atoms with Gasteiger partial charge >= 0.3 is 0 Å². The summed E-state index contributed by atoms with van der Waals surface area (Å²) >= 11 is 0. The number of Topliss-reactive ketones (excluding diaryl/α,β-unsaturated/α-hetero) is 1. The Labute approximate surface area is 197 Å². The molecule has 2 atom stereocenters. The summed E-state index contributed by atoms with van der Waals surface area (Å²) in [5.41, 5.74) is 3.05. The van der Waals surface area contributed by atoms with Crippen LogP contribution in [0.4, 0.5) is 0 Å². The number of methoxy groups -OCH3 is 1. The second-order valence-electron chi connectivity index (χ2n) is 8.51. The van der Waals surface area contributed by atoms with Gasteiger partial charge in [-0.2, -0.15) is 0 Å². The summed E-state index contributed by atoms with van der Waals surface area (Å²) in [5.74, 6) is -0.134. The van der Waals surface area contributed by atoms with Gasteiger partial charge in [0.25, 0.3) is 11.7 Å². The molecule has 0 saturated carbocycles. The molecule has 2 aromatic carbocycles. The van der Waals surface area contributed by atoms with Crippen molar-refractivity contribution in [3.05, 3.63) is 94.8 Å². The highest BCUT2D eigenvalue weighted by Crippen LogP contribution is 2.41. The van der Waals surface area contributed by atoms with Gasteiger partial charge in [-0.3, -0.25) is 14.6 Å². The largest absolute Gasteiger partial charge is 0.507 e. The van der Waals surface area contributed by atoms with Crippen LogP contribution in [0.1, 0.15) is 35.2 Å². The molecule has 172 valence electrons. The molecule has 0 bridgehead atoms. The molecule has 0 radical (unpaired) electrons. The second kappa shape index (κ2) is 8.67. The lowest BCUT2D eigenvalue weighted by molar-refractivity contribution is -0.140. The number of aliphatic hydroxyl groups excluding tert-OH is 1. The highest BCUT2D eigenvalue weighted by atomic mass is 16.5. The predicted octanol–water partition coefficient (Wildman–Crippen LogP) is 4.04. The summed E-state index contributed by atoms with van der Waals surface area (Å²) in [6.07, 6.45) is 4.05. The smallest absolute Gasteiger partial charge is 0.295 e. The first-order valence-electron chi connectivity index (χ1n) is 11.1. The Morgan fingerprint density at radius 3 is 2.56 bits per heavy atom. The zero-order chi connectivity index (χ0) is 23.8. The number of pyridine rings is 1. The predicted molar refractivity (Wildman–Crippen MR) is 125 cm³/mol. The maximum atomic E-state index is 13.2. The van der Waals surface area contributed by atoms with Crippen LogP contribution in [-0.4, -0.2) is 39.9 Å². The van der Waals surface area contributed by atoms with E-state index in [1.165, 1.54) is 4.90 Å². The van der Waals surface area contributed by atoms with E-state index >= 15 is 0 Å². The van der Waals surface area contributed by atoms with Crippen LogP contribution in [0.2, 0.25) is 0 Å². The Bertz CT molecular complexity index is 1280. The molecule has 7 nitrogen and oxygen atoms in total. The molecule has 2 aliphatic rings. The molecule has 1 saturated heterocycles. The molecule has 0 unspecified atom stereocenters. The van der Waals surface area contributed by atoms with Gasteiger partial charge in [0.1, 0.15) is 23.4 Å². The van der Waals surface area contributed by atoms with Crippen molar-refractivity contribution >= 4 is 17.4 Å². The number of rotatable bonds is 5. The van der Waals surface area contributed by atoms with Crippen LogP contribution in [-0.2, 0) is 22.6 Å². The number of aromatic nitrogens is 1. The number of hydrogen-bond donors (Lipinski definition) is 1. The topological polar surface area (TPSA) is 89.0 Å². The lowest BCUT2D eigenvalue weighted by Crippen LogP contribution is -2.29. The first kappa shape index (κ1) is 21.7. The fraction of sp³-hybridized carbons (Fsp3) is 0.222. The zero-order valence-corrected chi connectivity index (χ0v) is 18.9. The van der Waals surface area contributed by atoms with Gasteiger partial charge in [-0.05, 0) is 66.1 Å². The van der Waals surface area contributed by atoms with Crippen LogP contribution in [0.15, 0.2) is 72.6 Å². The fourth-order valence-electron chi connectivity index (χ4n) is 4.59. The third-order valence-corrected chi connectivity index (χ3v) is 6.24. The van der Waals surface area contributed by atoms with Gasteiger partial charge in [-0.15, -0.1) is 0 Å². The first-order valence-corrected chi connectivity index (χ1v) is 11.1. The minimum atomic E-state index is -0.748. The molecule has 1 aromatic heterocycles. The molecule has 34 heavy (non-hydrogen) atoms. The van der Waals surface area contributed by atoms with E-state index in [0.29, 0.717) is 16.9 Å².